The molecular weight excluding hydrogens is 371 g/mol. The molecule has 7 heteroatoms. The summed E-state index contributed by atoms with van der Waals surface area (Å²) in [5.41, 5.74) is 1.27. The summed E-state index contributed by atoms with van der Waals surface area (Å²) in [6.45, 7) is 11.7. The maximum atomic E-state index is 12.7. The molecule has 1 aromatic heterocycles. The van der Waals surface area contributed by atoms with Gasteiger partial charge in [-0.2, -0.15) is 13.2 Å². The zero-order chi connectivity index (χ0) is 19.7. The fourth-order valence-corrected chi connectivity index (χ4v) is 4.16. The summed E-state index contributed by atoms with van der Waals surface area (Å²) in [7, 11) is 0. The number of alkyl halides is 3. The van der Waals surface area contributed by atoms with Gasteiger partial charge in [0.05, 0.1) is 11.3 Å². The minimum absolute atomic E-state index is 0.187. The zero-order valence-corrected chi connectivity index (χ0v) is 16.8. The van der Waals surface area contributed by atoms with Crippen LogP contribution in [0.1, 0.15) is 38.4 Å². The summed E-state index contributed by atoms with van der Waals surface area (Å²) in [6, 6.07) is 5.23. The Labute approximate surface area is 162 Å². The lowest BCUT2D eigenvalue weighted by molar-refractivity contribution is -0.137. The number of nitrogens with zero attached hydrogens (tertiary/aromatic N) is 3. The van der Waals surface area contributed by atoms with Gasteiger partial charge in [-0.15, -0.1) is 11.3 Å². The molecule has 2 heterocycles. The molecule has 3 nitrogen and oxygen atoms in total. The normalized spacial score (nSPS) is 17.9. The minimum Gasteiger partial charge on any atom is -0.297 e. The predicted octanol–water partition coefficient (Wildman–Crippen LogP) is 5.14. The van der Waals surface area contributed by atoms with E-state index in [0.717, 1.165) is 67.5 Å². The van der Waals surface area contributed by atoms with Crippen LogP contribution < -0.4 is 0 Å². The Morgan fingerprint density at radius 2 is 1.70 bits per heavy atom. The van der Waals surface area contributed by atoms with E-state index in [0.29, 0.717) is 0 Å². The second-order valence-electron chi connectivity index (χ2n) is 8.01. The van der Waals surface area contributed by atoms with E-state index in [-0.39, 0.29) is 5.54 Å². The molecule has 1 aliphatic heterocycles. The van der Waals surface area contributed by atoms with Gasteiger partial charge in [-0.25, -0.2) is 4.98 Å². The standard InChI is InChI=1S/C20H26F3N3S/c1-19(2,3)26-10-4-9-25(11-12-26)13-17-14-27-18(24-17)15-5-7-16(8-6-15)20(21,22)23/h5-8,14H,4,9-13H2,1-3H3. The highest BCUT2D eigenvalue weighted by molar-refractivity contribution is 7.13. The smallest absolute Gasteiger partial charge is 0.297 e. The van der Waals surface area contributed by atoms with Gasteiger partial charge in [0.2, 0.25) is 0 Å². The van der Waals surface area contributed by atoms with Gasteiger partial charge < -0.3 is 0 Å². The number of aromatic nitrogens is 1. The quantitative estimate of drug-likeness (QED) is 0.715. The fraction of sp³-hybridized carbons (Fsp3) is 0.550. The van der Waals surface area contributed by atoms with Crippen LogP contribution in [-0.4, -0.2) is 46.5 Å². The molecule has 0 saturated carbocycles. The summed E-state index contributed by atoms with van der Waals surface area (Å²) < 4.78 is 38.1. The number of rotatable bonds is 3. The van der Waals surface area contributed by atoms with Crippen LogP contribution >= 0.6 is 11.3 Å². The third-order valence-electron chi connectivity index (χ3n) is 4.93. The van der Waals surface area contributed by atoms with Crippen molar-refractivity contribution in [3.63, 3.8) is 0 Å². The van der Waals surface area contributed by atoms with E-state index < -0.39 is 11.7 Å². The summed E-state index contributed by atoms with van der Waals surface area (Å²) >= 11 is 1.49. The minimum atomic E-state index is -4.31. The average Bonchev–Trinajstić information content (AvgIpc) is 2.90. The first-order valence-electron chi connectivity index (χ1n) is 9.22. The van der Waals surface area contributed by atoms with Gasteiger partial charge in [-0.05, 0) is 52.4 Å². The van der Waals surface area contributed by atoms with E-state index in [2.05, 4.69) is 35.6 Å². The molecule has 0 N–H and O–H groups in total. The van der Waals surface area contributed by atoms with Gasteiger partial charge in [-0.1, -0.05) is 12.1 Å². The summed E-state index contributed by atoms with van der Waals surface area (Å²) in [5.74, 6) is 0. The lowest BCUT2D eigenvalue weighted by Crippen LogP contribution is -2.43. The van der Waals surface area contributed by atoms with Crippen molar-refractivity contribution in [2.75, 3.05) is 26.2 Å². The van der Waals surface area contributed by atoms with E-state index in [4.69, 9.17) is 0 Å². The third kappa shape index (κ3) is 5.30. The highest BCUT2D eigenvalue weighted by atomic mass is 32.1. The van der Waals surface area contributed by atoms with Crippen molar-refractivity contribution in [3.8, 4) is 10.6 Å². The second-order valence-corrected chi connectivity index (χ2v) is 8.86. The number of hydrogen-bond acceptors (Lipinski definition) is 4. The summed E-state index contributed by atoms with van der Waals surface area (Å²) in [5, 5.41) is 2.78. The molecule has 0 unspecified atom stereocenters. The number of thiazole rings is 1. The lowest BCUT2D eigenvalue weighted by Gasteiger charge is -2.34. The molecule has 0 bridgehead atoms. The van der Waals surface area contributed by atoms with Crippen LogP contribution in [0.15, 0.2) is 29.6 Å². The fourth-order valence-electron chi connectivity index (χ4n) is 3.34. The first-order valence-corrected chi connectivity index (χ1v) is 10.1. The average molecular weight is 398 g/mol. The van der Waals surface area contributed by atoms with Crippen molar-refractivity contribution in [1.82, 2.24) is 14.8 Å². The van der Waals surface area contributed by atoms with Crippen LogP contribution in [0.2, 0.25) is 0 Å². The molecule has 0 amide bonds. The van der Waals surface area contributed by atoms with Crippen LogP contribution in [0.4, 0.5) is 13.2 Å². The number of hydrogen-bond donors (Lipinski definition) is 0. The van der Waals surface area contributed by atoms with Gasteiger partial charge >= 0.3 is 6.18 Å². The Balaban J connectivity index is 1.63. The Hall–Kier alpha value is -1.44. The van der Waals surface area contributed by atoms with Gasteiger partial charge in [0.25, 0.3) is 0 Å². The maximum Gasteiger partial charge on any atom is 0.416 e. The molecular formula is C20H26F3N3S. The molecule has 1 aromatic carbocycles. The van der Waals surface area contributed by atoms with Crippen molar-refractivity contribution in [1.29, 1.82) is 0 Å². The molecule has 1 fully saturated rings. The number of halogens is 3. The Morgan fingerprint density at radius 1 is 1.00 bits per heavy atom. The Morgan fingerprint density at radius 3 is 2.33 bits per heavy atom. The van der Waals surface area contributed by atoms with E-state index >= 15 is 0 Å². The molecule has 148 valence electrons. The molecule has 1 saturated heterocycles. The zero-order valence-electron chi connectivity index (χ0n) is 16.0. The van der Waals surface area contributed by atoms with E-state index in [9.17, 15) is 13.2 Å². The van der Waals surface area contributed by atoms with Gasteiger partial charge in [0.1, 0.15) is 5.01 Å². The Kier molecular flexibility index (Phi) is 5.93. The van der Waals surface area contributed by atoms with Crippen molar-refractivity contribution < 1.29 is 13.2 Å². The maximum absolute atomic E-state index is 12.7. The first-order chi connectivity index (χ1) is 12.6. The van der Waals surface area contributed by atoms with Crippen LogP contribution in [0.25, 0.3) is 10.6 Å². The monoisotopic (exact) mass is 397 g/mol. The topological polar surface area (TPSA) is 19.4 Å². The second kappa shape index (κ2) is 7.89. The first kappa shape index (κ1) is 20.3. The SMILES string of the molecule is CC(C)(C)N1CCCN(Cc2csc(-c3ccc(C(F)(F)F)cc3)n2)CC1. The highest BCUT2D eigenvalue weighted by Gasteiger charge is 2.30. The molecule has 0 atom stereocenters. The Bertz CT molecular complexity index is 747. The predicted molar refractivity (Wildman–Crippen MR) is 104 cm³/mol. The summed E-state index contributed by atoms with van der Waals surface area (Å²) in [4.78, 5) is 9.58. The van der Waals surface area contributed by atoms with Gasteiger partial charge in [0, 0.05) is 36.1 Å². The molecule has 27 heavy (non-hydrogen) atoms. The van der Waals surface area contributed by atoms with Crippen LogP contribution in [0.5, 0.6) is 0 Å². The van der Waals surface area contributed by atoms with Crippen molar-refractivity contribution >= 4 is 11.3 Å². The van der Waals surface area contributed by atoms with Gasteiger partial charge in [-0.3, -0.25) is 9.80 Å². The van der Waals surface area contributed by atoms with E-state index in [1.165, 1.54) is 23.5 Å². The molecule has 0 spiro atoms. The van der Waals surface area contributed by atoms with E-state index in [1.54, 1.807) is 0 Å². The molecule has 0 aliphatic carbocycles. The van der Waals surface area contributed by atoms with E-state index in [1.807, 2.05) is 5.38 Å². The molecule has 3 rings (SSSR count). The summed E-state index contributed by atoms with van der Waals surface area (Å²) in [6.07, 6.45) is -3.17. The van der Waals surface area contributed by atoms with Crippen LogP contribution in [0.3, 0.4) is 0 Å². The highest BCUT2D eigenvalue weighted by Crippen LogP contribution is 2.32. The van der Waals surface area contributed by atoms with Crippen molar-refractivity contribution in [3.05, 3.63) is 40.9 Å². The van der Waals surface area contributed by atoms with Crippen molar-refractivity contribution in [2.45, 2.75) is 45.5 Å². The molecule has 1 aliphatic rings. The largest absolute Gasteiger partial charge is 0.416 e. The third-order valence-corrected chi connectivity index (χ3v) is 5.87. The van der Waals surface area contributed by atoms with Crippen LogP contribution in [0, 0.1) is 0 Å². The molecule has 2 aromatic rings. The van der Waals surface area contributed by atoms with Crippen molar-refractivity contribution in [2.24, 2.45) is 0 Å². The lowest BCUT2D eigenvalue weighted by atomic mass is 10.1. The number of benzene rings is 1. The van der Waals surface area contributed by atoms with Gasteiger partial charge in [0.15, 0.2) is 0 Å². The van der Waals surface area contributed by atoms with Crippen LogP contribution in [-0.2, 0) is 12.7 Å². The molecule has 0 radical (unpaired) electrons.